The maximum atomic E-state index is 12.9. The zero-order valence-corrected chi connectivity index (χ0v) is 19.1. The number of non-ortho nitro benzene ring substituents is 1. The Bertz CT molecular complexity index is 1370. The molecule has 0 aliphatic heterocycles. The molecule has 0 saturated heterocycles. The fourth-order valence-electron chi connectivity index (χ4n) is 3.45. The SMILES string of the molecule is CCC(Sc1cccc(NC(=O)c2cccc([N+](=O)[O-])c2)c1)C(=O)Nc1ccc2cc[nH]c2c1. The molecular weight excluding hydrogens is 452 g/mol. The van der Waals surface area contributed by atoms with Crippen molar-refractivity contribution in [2.24, 2.45) is 0 Å². The molecule has 9 heteroatoms. The summed E-state index contributed by atoms with van der Waals surface area (Å²) in [6.07, 6.45) is 2.47. The number of nitro benzene ring substituents is 1. The van der Waals surface area contributed by atoms with Crippen molar-refractivity contribution in [3.63, 3.8) is 0 Å². The molecule has 0 spiro atoms. The summed E-state index contributed by atoms with van der Waals surface area (Å²) in [7, 11) is 0. The van der Waals surface area contributed by atoms with Crippen LogP contribution in [-0.4, -0.2) is 27.0 Å². The molecule has 0 fully saturated rings. The first kappa shape index (κ1) is 23.1. The first-order chi connectivity index (χ1) is 16.4. The summed E-state index contributed by atoms with van der Waals surface area (Å²) in [5.41, 5.74) is 2.25. The van der Waals surface area contributed by atoms with Crippen LogP contribution in [-0.2, 0) is 4.79 Å². The number of thioether (sulfide) groups is 1. The van der Waals surface area contributed by atoms with Gasteiger partial charge in [-0.05, 0) is 54.3 Å². The number of hydrogen-bond acceptors (Lipinski definition) is 5. The van der Waals surface area contributed by atoms with Gasteiger partial charge in [0.05, 0.1) is 10.2 Å². The van der Waals surface area contributed by atoms with E-state index >= 15 is 0 Å². The third kappa shape index (κ3) is 5.44. The van der Waals surface area contributed by atoms with Crippen LogP contribution in [0.3, 0.4) is 0 Å². The number of H-pyrrole nitrogens is 1. The highest BCUT2D eigenvalue weighted by molar-refractivity contribution is 8.00. The number of carbonyl (C=O) groups is 2. The van der Waals surface area contributed by atoms with Gasteiger partial charge in [-0.2, -0.15) is 0 Å². The molecule has 1 aromatic heterocycles. The normalized spacial score (nSPS) is 11.7. The third-order valence-corrected chi connectivity index (χ3v) is 6.53. The lowest BCUT2D eigenvalue weighted by Gasteiger charge is -2.15. The topological polar surface area (TPSA) is 117 Å². The molecule has 0 aliphatic carbocycles. The van der Waals surface area contributed by atoms with Crippen molar-refractivity contribution in [2.75, 3.05) is 10.6 Å². The van der Waals surface area contributed by atoms with Gasteiger partial charge in [0, 0.05) is 45.7 Å². The predicted octanol–water partition coefficient (Wildman–Crippen LogP) is 5.84. The van der Waals surface area contributed by atoms with Crippen LogP contribution in [0, 0.1) is 10.1 Å². The Hall–Kier alpha value is -4.11. The summed E-state index contributed by atoms with van der Waals surface area (Å²) in [4.78, 5) is 39.8. The quantitative estimate of drug-likeness (QED) is 0.169. The van der Waals surface area contributed by atoms with E-state index in [0.717, 1.165) is 21.5 Å². The van der Waals surface area contributed by atoms with Gasteiger partial charge < -0.3 is 15.6 Å². The zero-order chi connectivity index (χ0) is 24.1. The maximum Gasteiger partial charge on any atom is 0.270 e. The Morgan fingerprint density at radius 1 is 1.00 bits per heavy atom. The number of anilines is 2. The van der Waals surface area contributed by atoms with E-state index in [1.165, 1.54) is 36.0 Å². The molecule has 4 rings (SSSR count). The molecule has 1 heterocycles. The second-order valence-electron chi connectivity index (χ2n) is 7.57. The van der Waals surface area contributed by atoms with Gasteiger partial charge in [-0.25, -0.2) is 0 Å². The van der Waals surface area contributed by atoms with Crippen molar-refractivity contribution >= 4 is 51.5 Å². The van der Waals surface area contributed by atoms with Crippen molar-refractivity contribution < 1.29 is 14.5 Å². The van der Waals surface area contributed by atoms with Crippen molar-refractivity contribution in [3.05, 3.63) is 94.7 Å². The van der Waals surface area contributed by atoms with Crippen LogP contribution >= 0.6 is 11.8 Å². The number of nitro groups is 1. The highest BCUT2D eigenvalue weighted by Crippen LogP contribution is 2.29. The summed E-state index contributed by atoms with van der Waals surface area (Å²) in [6.45, 7) is 1.94. The zero-order valence-electron chi connectivity index (χ0n) is 18.3. The van der Waals surface area contributed by atoms with Crippen LogP contribution in [0.5, 0.6) is 0 Å². The van der Waals surface area contributed by atoms with E-state index < -0.39 is 10.8 Å². The molecule has 3 N–H and O–H groups in total. The number of aromatic amines is 1. The minimum atomic E-state index is -0.542. The molecule has 3 aromatic carbocycles. The van der Waals surface area contributed by atoms with Crippen molar-refractivity contribution in [1.82, 2.24) is 4.98 Å². The van der Waals surface area contributed by atoms with Crippen molar-refractivity contribution in [2.45, 2.75) is 23.5 Å². The van der Waals surface area contributed by atoms with E-state index in [9.17, 15) is 19.7 Å². The van der Waals surface area contributed by atoms with Gasteiger partial charge in [0.15, 0.2) is 0 Å². The van der Waals surface area contributed by atoms with Crippen LogP contribution in [0.1, 0.15) is 23.7 Å². The summed E-state index contributed by atoms with van der Waals surface area (Å²) in [5.74, 6) is -0.556. The number of benzene rings is 3. The lowest BCUT2D eigenvalue weighted by molar-refractivity contribution is -0.384. The Labute approximate surface area is 199 Å². The largest absolute Gasteiger partial charge is 0.361 e. The van der Waals surface area contributed by atoms with E-state index in [2.05, 4.69) is 15.6 Å². The fourth-order valence-corrected chi connectivity index (χ4v) is 4.46. The van der Waals surface area contributed by atoms with E-state index in [1.807, 2.05) is 43.5 Å². The van der Waals surface area contributed by atoms with Crippen molar-refractivity contribution in [1.29, 1.82) is 0 Å². The second kappa shape index (κ2) is 10.2. The molecule has 0 bridgehead atoms. The minimum Gasteiger partial charge on any atom is -0.361 e. The number of rotatable bonds is 8. The molecule has 4 aromatic rings. The first-order valence-corrected chi connectivity index (χ1v) is 11.5. The Balaban J connectivity index is 1.42. The third-order valence-electron chi connectivity index (χ3n) is 5.18. The molecule has 1 atom stereocenters. The van der Waals surface area contributed by atoms with Gasteiger partial charge in [0.1, 0.15) is 0 Å². The second-order valence-corrected chi connectivity index (χ2v) is 8.85. The maximum absolute atomic E-state index is 12.9. The molecule has 34 heavy (non-hydrogen) atoms. The molecule has 0 aliphatic rings. The average Bonchev–Trinajstić information content (AvgIpc) is 3.30. The van der Waals surface area contributed by atoms with Gasteiger partial charge in [-0.15, -0.1) is 11.8 Å². The summed E-state index contributed by atoms with van der Waals surface area (Å²) >= 11 is 1.40. The van der Waals surface area contributed by atoms with Crippen LogP contribution in [0.4, 0.5) is 17.1 Å². The highest BCUT2D eigenvalue weighted by Gasteiger charge is 2.19. The highest BCUT2D eigenvalue weighted by atomic mass is 32.2. The number of nitrogens with zero attached hydrogens (tertiary/aromatic N) is 1. The average molecular weight is 475 g/mol. The van der Waals surface area contributed by atoms with Gasteiger partial charge in [0.2, 0.25) is 5.91 Å². The molecule has 1 unspecified atom stereocenters. The molecule has 0 saturated carbocycles. The number of carbonyl (C=O) groups excluding carboxylic acids is 2. The number of hydrogen-bond donors (Lipinski definition) is 3. The van der Waals surface area contributed by atoms with Gasteiger partial charge in [-0.3, -0.25) is 19.7 Å². The Morgan fingerprint density at radius 2 is 1.79 bits per heavy atom. The van der Waals surface area contributed by atoms with Gasteiger partial charge in [-0.1, -0.05) is 25.1 Å². The lowest BCUT2D eigenvalue weighted by atomic mass is 10.2. The summed E-state index contributed by atoms with van der Waals surface area (Å²) in [5, 5.41) is 17.4. The van der Waals surface area contributed by atoms with E-state index in [1.54, 1.807) is 18.2 Å². The van der Waals surface area contributed by atoms with Crippen LogP contribution in [0.15, 0.2) is 83.9 Å². The number of fused-ring (bicyclic) bond motifs is 1. The molecule has 2 amide bonds. The van der Waals surface area contributed by atoms with Crippen LogP contribution < -0.4 is 10.6 Å². The van der Waals surface area contributed by atoms with E-state index in [-0.39, 0.29) is 22.4 Å². The van der Waals surface area contributed by atoms with Gasteiger partial charge >= 0.3 is 0 Å². The van der Waals surface area contributed by atoms with Crippen molar-refractivity contribution in [3.8, 4) is 0 Å². The van der Waals surface area contributed by atoms with Crippen LogP contribution in [0.25, 0.3) is 10.9 Å². The molecule has 8 nitrogen and oxygen atoms in total. The molecule has 172 valence electrons. The summed E-state index contributed by atoms with van der Waals surface area (Å²) in [6, 6.07) is 20.4. The minimum absolute atomic E-state index is 0.107. The first-order valence-electron chi connectivity index (χ1n) is 10.6. The van der Waals surface area contributed by atoms with Gasteiger partial charge in [0.25, 0.3) is 11.6 Å². The van der Waals surface area contributed by atoms with E-state index in [4.69, 9.17) is 0 Å². The Kier molecular flexibility index (Phi) is 6.93. The number of aromatic nitrogens is 1. The van der Waals surface area contributed by atoms with E-state index in [0.29, 0.717) is 12.1 Å². The Morgan fingerprint density at radius 3 is 2.59 bits per heavy atom. The summed E-state index contributed by atoms with van der Waals surface area (Å²) < 4.78 is 0. The fraction of sp³-hybridized carbons (Fsp3) is 0.120. The number of nitrogens with one attached hydrogen (secondary N) is 3. The molecular formula is C25H22N4O4S. The lowest BCUT2D eigenvalue weighted by Crippen LogP contribution is -2.24. The van der Waals surface area contributed by atoms with Crippen LogP contribution in [0.2, 0.25) is 0 Å². The predicted molar refractivity (Wildman–Crippen MR) is 134 cm³/mol. The molecule has 0 radical (unpaired) electrons. The smallest absolute Gasteiger partial charge is 0.270 e. The number of amides is 2. The standard InChI is InChI=1S/C25H22N4O4S/c1-2-23(25(31)28-19-10-9-16-11-12-26-22(16)15-19)34-21-8-4-6-18(14-21)27-24(30)17-5-3-7-20(13-17)29(32)33/h3-15,23,26H,2H2,1H3,(H,27,30)(H,28,31). The monoisotopic (exact) mass is 474 g/mol.